The molecule has 1 aliphatic rings. The summed E-state index contributed by atoms with van der Waals surface area (Å²) in [5, 5.41) is 9.22. The summed E-state index contributed by atoms with van der Waals surface area (Å²) in [4.78, 5) is 2.34. The predicted octanol–water partition coefficient (Wildman–Crippen LogP) is 3.68. The fourth-order valence-electron chi connectivity index (χ4n) is 2.34. The van der Waals surface area contributed by atoms with Crippen LogP contribution in [0.15, 0.2) is 18.2 Å². The van der Waals surface area contributed by atoms with Gasteiger partial charge in [0.1, 0.15) is 6.07 Å². The van der Waals surface area contributed by atoms with Gasteiger partial charge < -0.3 is 4.90 Å². The van der Waals surface area contributed by atoms with Crippen molar-refractivity contribution in [2.45, 2.75) is 31.6 Å². The first kappa shape index (κ1) is 12.3. The van der Waals surface area contributed by atoms with Crippen molar-refractivity contribution in [3.05, 3.63) is 29.3 Å². The molecule has 90 valence electrons. The number of hydrogen-bond donors (Lipinski definition) is 0. The highest BCUT2D eigenvalue weighted by molar-refractivity contribution is 6.17. The van der Waals surface area contributed by atoms with Gasteiger partial charge >= 0.3 is 0 Å². The highest BCUT2D eigenvalue weighted by Crippen LogP contribution is 2.25. The van der Waals surface area contributed by atoms with E-state index in [2.05, 4.69) is 11.0 Å². The minimum Gasteiger partial charge on any atom is -0.370 e. The maximum absolute atomic E-state index is 9.22. The van der Waals surface area contributed by atoms with Crippen LogP contribution in [0.1, 0.15) is 36.8 Å². The Labute approximate surface area is 108 Å². The fourth-order valence-corrected chi connectivity index (χ4v) is 2.51. The van der Waals surface area contributed by atoms with E-state index in [1.54, 1.807) is 0 Å². The number of alkyl halides is 1. The van der Waals surface area contributed by atoms with Crippen molar-refractivity contribution in [1.29, 1.82) is 5.26 Å². The molecule has 0 unspecified atom stereocenters. The quantitative estimate of drug-likeness (QED) is 0.747. The molecule has 0 atom stereocenters. The molecule has 3 heteroatoms. The number of rotatable bonds is 2. The van der Waals surface area contributed by atoms with Crippen LogP contribution < -0.4 is 4.90 Å². The second kappa shape index (κ2) is 5.93. The van der Waals surface area contributed by atoms with E-state index in [0.29, 0.717) is 5.88 Å². The number of hydrogen-bond acceptors (Lipinski definition) is 2. The Morgan fingerprint density at radius 3 is 2.47 bits per heavy atom. The lowest BCUT2D eigenvalue weighted by molar-refractivity contribution is 0.726. The number of anilines is 1. The molecule has 0 N–H and O–H groups in total. The molecule has 1 heterocycles. The first-order valence-corrected chi connectivity index (χ1v) is 6.72. The molecule has 0 amide bonds. The van der Waals surface area contributed by atoms with E-state index in [0.717, 1.165) is 29.9 Å². The van der Waals surface area contributed by atoms with Gasteiger partial charge in [-0.05, 0) is 30.5 Å². The van der Waals surface area contributed by atoms with E-state index in [4.69, 9.17) is 11.6 Å². The smallest absolute Gasteiger partial charge is 0.101 e. The van der Waals surface area contributed by atoms with Crippen LogP contribution in [0.25, 0.3) is 0 Å². The van der Waals surface area contributed by atoms with Gasteiger partial charge in [0.15, 0.2) is 0 Å². The van der Waals surface area contributed by atoms with Crippen molar-refractivity contribution in [3.8, 4) is 6.07 Å². The third-order valence-corrected chi connectivity index (χ3v) is 3.59. The van der Waals surface area contributed by atoms with Crippen LogP contribution in [-0.2, 0) is 5.88 Å². The zero-order valence-electron chi connectivity index (χ0n) is 9.95. The standard InChI is InChI=1S/C14H17ClN2/c15-10-12-5-6-14(13(9-12)11-16)17-7-3-1-2-4-8-17/h5-6,9H,1-4,7-8,10H2. The van der Waals surface area contributed by atoms with Crippen LogP contribution >= 0.6 is 11.6 Å². The van der Waals surface area contributed by atoms with Crippen molar-refractivity contribution in [2.24, 2.45) is 0 Å². The molecule has 0 saturated carbocycles. The van der Waals surface area contributed by atoms with E-state index in [1.807, 2.05) is 18.2 Å². The maximum Gasteiger partial charge on any atom is 0.101 e. The zero-order chi connectivity index (χ0) is 12.1. The van der Waals surface area contributed by atoms with Gasteiger partial charge in [-0.25, -0.2) is 0 Å². The second-order valence-corrected chi connectivity index (χ2v) is 4.77. The number of halogens is 1. The summed E-state index contributed by atoms with van der Waals surface area (Å²) in [7, 11) is 0. The summed E-state index contributed by atoms with van der Waals surface area (Å²) in [6, 6.07) is 8.26. The van der Waals surface area contributed by atoms with Crippen LogP contribution in [0.3, 0.4) is 0 Å². The van der Waals surface area contributed by atoms with Crippen LogP contribution in [0, 0.1) is 11.3 Å². The largest absolute Gasteiger partial charge is 0.370 e. The average molecular weight is 249 g/mol. The molecule has 1 aromatic carbocycles. The summed E-state index contributed by atoms with van der Waals surface area (Å²) in [6.07, 6.45) is 5.06. The summed E-state index contributed by atoms with van der Waals surface area (Å²) < 4.78 is 0. The van der Waals surface area contributed by atoms with E-state index < -0.39 is 0 Å². The molecule has 0 radical (unpaired) electrons. The van der Waals surface area contributed by atoms with Crippen molar-refractivity contribution in [3.63, 3.8) is 0 Å². The SMILES string of the molecule is N#Cc1cc(CCl)ccc1N1CCCCCC1. The van der Waals surface area contributed by atoms with E-state index in [-0.39, 0.29) is 0 Å². The first-order valence-electron chi connectivity index (χ1n) is 6.19. The molecule has 1 aliphatic heterocycles. The predicted molar refractivity (Wildman–Crippen MR) is 71.4 cm³/mol. The fraction of sp³-hybridized carbons (Fsp3) is 0.500. The summed E-state index contributed by atoms with van der Waals surface area (Å²) in [5.41, 5.74) is 2.84. The maximum atomic E-state index is 9.22. The molecule has 2 nitrogen and oxygen atoms in total. The lowest BCUT2D eigenvalue weighted by atomic mass is 10.1. The van der Waals surface area contributed by atoms with Gasteiger partial charge in [0.05, 0.1) is 11.3 Å². The molecular formula is C14H17ClN2. The van der Waals surface area contributed by atoms with Crippen molar-refractivity contribution < 1.29 is 0 Å². The molecule has 0 aliphatic carbocycles. The zero-order valence-corrected chi connectivity index (χ0v) is 10.7. The van der Waals surface area contributed by atoms with Gasteiger partial charge in [0.2, 0.25) is 0 Å². The highest BCUT2D eigenvalue weighted by atomic mass is 35.5. The average Bonchev–Trinajstić information content (AvgIpc) is 2.66. The van der Waals surface area contributed by atoms with Crippen LogP contribution in [-0.4, -0.2) is 13.1 Å². The molecule has 1 aromatic rings. The minimum atomic E-state index is 0.467. The van der Waals surface area contributed by atoms with Crippen molar-refractivity contribution >= 4 is 17.3 Å². The molecule has 1 fully saturated rings. The van der Waals surface area contributed by atoms with Crippen molar-refractivity contribution in [2.75, 3.05) is 18.0 Å². The molecule has 17 heavy (non-hydrogen) atoms. The Hall–Kier alpha value is -1.20. The molecule has 0 aromatic heterocycles. The Morgan fingerprint density at radius 1 is 1.18 bits per heavy atom. The lowest BCUT2D eigenvalue weighted by Crippen LogP contribution is -2.24. The lowest BCUT2D eigenvalue weighted by Gasteiger charge is -2.23. The monoisotopic (exact) mass is 248 g/mol. The van der Waals surface area contributed by atoms with Gasteiger partial charge in [-0.1, -0.05) is 18.9 Å². The Balaban J connectivity index is 2.27. The summed E-state index contributed by atoms with van der Waals surface area (Å²) >= 11 is 5.80. The van der Waals surface area contributed by atoms with Gasteiger partial charge in [-0.15, -0.1) is 11.6 Å². The van der Waals surface area contributed by atoms with Crippen LogP contribution in [0.5, 0.6) is 0 Å². The van der Waals surface area contributed by atoms with E-state index in [1.165, 1.54) is 25.7 Å². The third-order valence-electron chi connectivity index (χ3n) is 3.28. The summed E-state index contributed by atoms with van der Waals surface area (Å²) in [6.45, 7) is 2.13. The number of nitrogens with zero attached hydrogens (tertiary/aromatic N) is 2. The topological polar surface area (TPSA) is 27.0 Å². The molecule has 0 spiro atoms. The first-order chi connectivity index (χ1) is 8.35. The molecule has 2 rings (SSSR count). The van der Waals surface area contributed by atoms with Crippen LogP contribution in [0.2, 0.25) is 0 Å². The van der Waals surface area contributed by atoms with Gasteiger partial charge in [-0.2, -0.15) is 5.26 Å². The van der Waals surface area contributed by atoms with E-state index >= 15 is 0 Å². The second-order valence-electron chi connectivity index (χ2n) is 4.50. The minimum absolute atomic E-state index is 0.467. The van der Waals surface area contributed by atoms with Gasteiger partial charge in [0.25, 0.3) is 0 Å². The van der Waals surface area contributed by atoms with Gasteiger partial charge in [0, 0.05) is 19.0 Å². The van der Waals surface area contributed by atoms with Crippen molar-refractivity contribution in [1.82, 2.24) is 0 Å². The number of benzene rings is 1. The summed E-state index contributed by atoms with van der Waals surface area (Å²) in [5.74, 6) is 0.467. The number of nitriles is 1. The normalized spacial score (nSPS) is 16.4. The molecule has 1 saturated heterocycles. The van der Waals surface area contributed by atoms with E-state index in [9.17, 15) is 5.26 Å². The van der Waals surface area contributed by atoms with Crippen LogP contribution in [0.4, 0.5) is 5.69 Å². The third kappa shape index (κ3) is 2.92. The molecule has 0 bridgehead atoms. The van der Waals surface area contributed by atoms with Gasteiger partial charge in [-0.3, -0.25) is 0 Å². The Kier molecular flexibility index (Phi) is 4.28. The molecular weight excluding hydrogens is 232 g/mol. The highest BCUT2D eigenvalue weighted by Gasteiger charge is 2.13. The Morgan fingerprint density at radius 2 is 1.88 bits per heavy atom. The Bertz CT molecular complexity index is 415.